The van der Waals surface area contributed by atoms with Crippen LogP contribution in [0.1, 0.15) is 15.9 Å². The molecule has 2 N–H and O–H groups in total. The molecule has 2 aromatic carbocycles. The lowest BCUT2D eigenvalue weighted by Crippen LogP contribution is -2.16. The van der Waals surface area contributed by atoms with Crippen molar-refractivity contribution in [3.8, 4) is 0 Å². The lowest BCUT2D eigenvalue weighted by Gasteiger charge is -2.08. The number of hydrogen-bond donors (Lipinski definition) is 3. The first-order chi connectivity index (χ1) is 10.3. The molecule has 0 fully saturated rings. The Bertz CT molecular complexity index is 823. The molecule has 0 saturated heterocycles. The summed E-state index contributed by atoms with van der Waals surface area (Å²) in [5, 5.41) is 2.58. The highest BCUT2D eigenvalue weighted by molar-refractivity contribution is 8.00. The number of nitrogens with one attached hydrogen (secondary N) is 2. The molecule has 0 aromatic heterocycles. The fraction of sp³-hybridized carbons (Fsp3) is 0.0714. The van der Waals surface area contributed by atoms with Crippen molar-refractivity contribution in [2.24, 2.45) is 0 Å². The van der Waals surface area contributed by atoms with Crippen LogP contribution in [0.25, 0.3) is 0 Å². The molecule has 0 bridgehead atoms. The van der Waals surface area contributed by atoms with Crippen molar-refractivity contribution in [1.29, 1.82) is 0 Å². The van der Waals surface area contributed by atoms with Crippen molar-refractivity contribution >= 4 is 34.4 Å². The SMILES string of the molecule is Cc1cc(NC(=O)c2cccc(S(=O)(=O)NS)c2)ccc1F. The van der Waals surface area contributed by atoms with Crippen LogP contribution < -0.4 is 9.44 Å². The maximum absolute atomic E-state index is 13.2. The van der Waals surface area contributed by atoms with Gasteiger partial charge in [0.25, 0.3) is 5.91 Å². The second-order valence-electron chi connectivity index (χ2n) is 4.54. The van der Waals surface area contributed by atoms with Crippen LogP contribution in [-0.4, -0.2) is 14.3 Å². The predicted molar refractivity (Wildman–Crippen MR) is 84.8 cm³/mol. The van der Waals surface area contributed by atoms with E-state index in [1.165, 1.54) is 42.5 Å². The van der Waals surface area contributed by atoms with Gasteiger partial charge in [-0.05, 0) is 48.9 Å². The van der Waals surface area contributed by atoms with Crippen LogP contribution in [0, 0.1) is 12.7 Å². The third-order valence-corrected chi connectivity index (χ3v) is 4.78. The standard InChI is InChI=1S/C14H13FN2O3S2/c1-9-7-11(5-6-13(9)15)16-14(18)10-3-2-4-12(8-10)22(19,20)17-21/h2-8,17,21H,1H3,(H,16,18). The largest absolute Gasteiger partial charge is 0.322 e. The fourth-order valence-corrected chi connectivity index (χ4v) is 2.74. The minimum Gasteiger partial charge on any atom is -0.322 e. The quantitative estimate of drug-likeness (QED) is 0.749. The van der Waals surface area contributed by atoms with Gasteiger partial charge >= 0.3 is 0 Å². The minimum atomic E-state index is -3.75. The van der Waals surface area contributed by atoms with Gasteiger partial charge in [-0.1, -0.05) is 18.9 Å². The van der Waals surface area contributed by atoms with Crippen molar-refractivity contribution in [1.82, 2.24) is 4.13 Å². The Morgan fingerprint density at radius 3 is 2.55 bits per heavy atom. The summed E-state index contributed by atoms with van der Waals surface area (Å²) in [5.74, 6) is -0.867. The maximum atomic E-state index is 13.2. The van der Waals surface area contributed by atoms with Crippen LogP contribution in [0.3, 0.4) is 0 Å². The van der Waals surface area contributed by atoms with Crippen LogP contribution in [0.2, 0.25) is 0 Å². The predicted octanol–water partition coefficient (Wildman–Crippen LogP) is 2.51. The molecule has 0 radical (unpaired) electrons. The Kier molecular flexibility index (Phi) is 4.84. The van der Waals surface area contributed by atoms with Gasteiger partial charge in [0.2, 0.25) is 10.0 Å². The van der Waals surface area contributed by atoms with E-state index in [1.807, 2.05) is 4.13 Å². The van der Waals surface area contributed by atoms with Gasteiger partial charge < -0.3 is 5.32 Å². The number of thiol groups is 1. The van der Waals surface area contributed by atoms with E-state index in [1.54, 1.807) is 6.92 Å². The summed E-state index contributed by atoms with van der Waals surface area (Å²) in [6.45, 7) is 1.58. The monoisotopic (exact) mass is 340 g/mol. The molecular formula is C14H13FN2O3S2. The van der Waals surface area contributed by atoms with Gasteiger partial charge in [-0.15, -0.1) is 0 Å². The van der Waals surface area contributed by atoms with Gasteiger partial charge in [-0.3, -0.25) is 4.79 Å². The highest BCUT2D eigenvalue weighted by atomic mass is 32.3. The summed E-state index contributed by atoms with van der Waals surface area (Å²) >= 11 is 3.53. The lowest BCUT2D eigenvalue weighted by molar-refractivity contribution is 0.102. The summed E-state index contributed by atoms with van der Waals surface area (Å²) in [6, 6.07) is 9.66. The zero-order valence-electron chi connectivity index (χ0n) is 11.5. The zero-order chi connectivity index (χ0) is 16.3. The molecule has 0 aliphatic rings. The van der Waals surface area contributed by atoms with Gasteiger partial charge in [0.1, 0.15) is 5.82 Å². The van der Waals surface area contributed by atoms with Gasteiger partial charge in [0.15, 0.2) is 0 Å². The molecule has 5 nitrogen and oxygen atoms in total. The Morgan fingerprint density at radius 1 is 1.18 bits per heavy atom. The smallest absolute Gasteiger partial charge is 0.255 e. The van der Waals surface area contributed by atoms with E-state index < -0.39 is 15.9 Å². The second kappa shape index (κ2) is 6.47. The number of anilines is 1. The van der Waals surface area contributed by atoms with Crippen molar-refractivity contribution in [3.63, 3.8) is 0 Å². The van der Waals surface area contributed by atoms with Crippen molar-refractivity contribution in [2.75, 3.05) is 5.32 Å². The maximum Gasteiger partial charge on any atom is 0.255 e. The first kappa shape index (κ1) is 16.5. The highest BCUT2D eigenvalue weighted by Crippen LogP contribution is 2.16. The number of halogens is 1. The normalized spacial score (nSPS) is 11.2. The van der Waals surface area contributed by atoms with Crippen LogP contribution in [0.5, 0.6) is 0 Å². The molecule has 8 heteroatoms. The van der Waals surface area contributed by atoms with Gasteiger partial charge in [-0.25, -0.2) is 12.8 Å². The average Bonchev–Trinajstić information content (AvgIpc) is 2.51. The first-order valence-electron chi connectivity index (χ1n) is 6.17. The number of hydrogen-bond acceptors (Lipinski definition) is 4. The summed E-state index contributed by atoms with van der Waals surface area (Å²) in [7, 11) is -3.75. The summed E-state index contributed by atoms with van der Waals surface area (Å²) in [4.78, 5) is 12.1. The first-order valence-corrected chi connectivity index (χ1v) is 8.10. The number of carbonyl (C=O) groups excluding carboxylic acids is 1. The Labute approximate surface area is 133 Å². The summed E-state index contributed by atoms with van der Waals surface area (Å²) < 4.78 is 38.4. The topological polar surface area (TPSA) is 75.3 Å². The third-order valence-electron chi connectivity index (χ3n) is 2.94. The van der Waals surface area contributed by atoms with E-state index in [9.17, 15) is 17.6 Å². The molecule has 0 unspecified atom stereocenters. The minimum absolute atomic E-state index is 0.0783. The van der Waals surface area contributed by atoms with Crippen LogP contribution in [-0.2, 0) is 10.0 Å². The van der Waals surface area contributed by atoms with Crippen LogP contribution in [0.4, 0.5) is 10.1 Å². The van der Waals surface area contributed by atoms with Crippen LogP contribution >= 0.6 is 12.8 Å². The van der Waals surface area contributed by atoms with E-state index in [-0.39, 0.29) is 16.3 Å². The van der Waals surface area contributed by atoms with Crippen molar-refractivity contribution in [2.45, 2.75) is 11.8 Å². The number of amides is 1. The molecule has 0 aliphatic heterocycles. The molecule has 0 atom stereocenters. The molecule has 0 aliphatic carbocycles. The zero-order valence-corrected chi connectivity index (χ0v) is 13.2. The molecule has 2 rings (SSSR count). The number of sulfonamides is 1. The third kappa shape index (κ3) is 3.65. The molecule has 0 saturated carbocycles. The molecule has 0 heterocycles. The number of benzene rings is 2. The molecule has 116 valence electrons. The molecule has 2 aromatic rings. The Balaban J connectivity index is 2.26. The Hall–Kier alpha value is -1.90. The fourth-order valence-electron chi connectivity index (χ4n) is 1.78. The molecule has 1 amide bonds. The second-order valence-corrected chi connectivity index (χ2v) is 6.75. The van der Waals surface area contributed by atoms with E-state index in [2.05, 4.69) is 18.1 Å². The number of aryl methyl sites for hydroxylation is 1. The van der Waals surface area contributed by atoms with E-state index in [0.717, 1.165) is 0 Å². The van der Waals surface area contributed by atoms with E-state index in [4.69, 9.17) is 0 Å². The summed E-state index contributed by atoms with van der Waals surface area (Å²) in [5.41, 5.74) is 0.976. The van der Waals surface area contributed by atoms with E-state index in [0.29, 0.717) is 11.3 Å². The molecule has 22 heavy (non-hydrogen) atoms. The molecule has 0 spiro atoms. The average molecular weight is 340 g/mol. The van der Waals surface area contributed by atoms with Gasteiger partial charge in [0, 0.05) is 11.3 Å². The molecular weight excluding hydrogens is 327 g/mol. The van der Waals surface area contributed by atoms with Crippen LogP contribution in [0.15, 0.2) is 47.4 Å². The lowest BCUT2D eigenvalue weighted by atomic mass is 10.2. The highest BCUT2D eigenvalue weighted by Gasteiger charge is 2.15. The van der Waals surface area contributed by atoms with Gasteiger partial charge in [0.05, 0.1) is 4.90 Å². The number of rotatable bonds is 4. The van der Waals surface area contributed by atoms with Crippen molar-refractivity contribution in [3.05, 3.63) is 59.4 Å². The number of carbonyl (C=O) groups is 1. The Morgan fingerprint density at radius 2 is 1.91 bits per heavy atom. The van der Waals surface area contributed by atoms with Crippen molar-refractivity contribution < 1.29 is 17.6 Å². The van der Waals surface area contributed by atoms with Gasteiger partial charge in [-0.2, -0.15) is 4.13 Å². The summed E-state index contributed by atoms with van der Waals surface area (Å²) in [6.07, 6.45) is 0. The van der Waals surface area contributed by atoms with E-state index >= 15 is 0 Å².